The summed E-state index contributed by atoms with van der Waals surface area (Å²) in [5.74, 6) is 0. The number of nitrogens with zero attached hydrogens (tertiary/aromatic N) is 1. The minimum atomic E-state index is 0.0255. The zero-order valence-electron chi connectivity index (χ0n) is 6.37. The number of halogens is 1. The summed E-state index contributed by atoms with van der Waals surface area (Å²) in [5.41, 5.74) is 0.0255. The summed E-state index contributed by atoms with van der Waals surface area (Å²) < 4.78 is 2.58. The first-order valence-electron chi connectivity index (χ1n) is 3.44. The summed E-state index contributed by atoms with van der Waals surface area (Å²) in [6.07, 6.45) is 0. The van der Waals surface area contributed by atoms with E-state index in [1.807, 2.05) is 6.07 Å². The molecule has 1 aromatic carbocycles. The van der Waals surface area contributed by atoms with E-state index in [9.17, 15) is 4.79 Å². The van der Waals surface area contributed by atoms with E-state index in [2.05, 4.69) is 0 Å². The highest BCUT2D eigenvalue weighted by molar-refractivity contribution is 7.13. The van der Waals surface area contributed by atoms with E-state index in [4.69, 9.17) is 11.6 Å². The normalized spacial score (nSPS) is 10.8. The van der Waals surface area contributed by atoms with E-state index in [-0.39, 0.29) is 5.56 Å². The average molecular weight is 200 g/mol. The molecule has 0 aliphatic heterocycles. The van der Waals surface area contributed by atoms with Gasteiger partial charge < -0.3 is 0 Å². The number of fused-ring (bicyclic) bond motifs is 1. The van der Waals surface area contributed by atoms with Gasteiger partial charge in [-0.25, -0.2) is 0 Å². The summed E-state index contributed by atoms with van der Waals surface area (Å²) in [6.45, 7) is 0. The maximum absolute atomic E-state index is 11.4. The Morgan fingerprint density at radius 3 is 3.00 bits per heavy atom. The van der Waals surface area contributed by atoms with Crippen LogP contribution in [0.3, 0.4) is 0 Å². The van der Waals surface area contributed by atoms with Crippen LogP contribution >= 0.6 is 23.1 Å². The second-order valence-corrected chi connectivity index (χ2v) is 4.14. The molecule has 12 heavy (non-hydrogen) atoms. The molecule has 0 atom stereocenters. The lowest BCUT2D eigenvalue weighted by Crippen LogP contribution is -2.07. The smallest absolute Gasteiger partial charge is 0.268 e. The molecule has 0 spiro atoms. The molecule has 0 aliphatic rings. The highest BCUT2D eigenvalue weighted by Gasteiger charge is 2.03. The Labute approximate surface area is 78.2 Å². The van der Waals surface area contributed by atoms with Crippen LogP contribution in [0.5, 0.6) is 0 Å². The maximum atomic E-state index is 11.4. The van der Waals surface area contributed by atoms with Crippen molar-refractivity contribution in [3.05, 3.63) is 33.6 Å². The fraction of sp³-hybridized carbons (Fsp3) is 0.125. The number of aryl methyl sites for hydroxylation is 1. The van der Waals surface area contributed by atoms with Crippen LogP contribution in [0.1, 0.15) is 0 Å². The van der Waals surface area contributed by atoms with Crippen molar-refractivity contribution in [3.8, 4) is 0 Å². The molecular formula is C8H6ClNOS. The monoisotopic (exact) mass is 199 g/mol. The molecule has 0 saturated heterocycles. The number of hydrogen-bond acceptors (Lipinski definition) is 2. The van der Waals surface area contributed by atoms with Crippen LogP contribution < -0.4 is 5.56 Å². The first-order chi connectivity index (χ1) is 5.68. The van der Waals surface area contributed by atoms with Crippen molar-refractivity contribution >= 4 is 33.2 Å². The molecule has 0 N–H and O–H groups in total. The van der Waals surface area contributed by atoms with Crippen LogP contribution in [0.25, 0.3) is 10.1 Å². The van der Waals surface area contributed by atoms with Crippen molar-refractivity contribution in [1.29, 1.82) is 0 Å². The predicted octanol–water partition coefficient (Wildman–Crippen LogP) is 2.25. The van der Waals surface area contributed by atoms with Crippen LogP contribution in [0, 0.1) is 0 Å². The van der Waals surface area contributed by atoms with Crippen LogP contribution in [0.2, 0.25) is 5.02 Å². The Kier molecular flexibility index (Phi) is 1.70. The summed E-state index contributed by atoms with van der Waals surface area (Å²) >= 11 is 7.19. The van der Waals surface area contributed by atoms with E-state index < -0.39 is 0 Å². The number of aromatic nitrogens is 1. The van der Waals surface area contributed by atoms with Crippen molar-refractivity contribution in [2.45, 2.75) is 0 Å². The number of hydrogen-bond donors (Lipinski definition) is 0. The molecule has 2 nitrogen and oxygen atoms in total. The molecule has 1 aromatic heterocycles. The predicted molar refractivity (Wildman–Crippen MR) is 52.1 cm³/mol. The van der Waals surface area contributed by atoms with Crippen LogP contribution in [0.4, 0.5) is 0 Å². The Balaban J connectivity index is 2.98. The molecule has 0 fully saturated rings. The van der Waals surface area contributed by atoms with Crippen LogP contribution in [0.15, 0.2) is 23.0 Å². The van der Waals surface area contributed by atoms with Crippen molar-refractivity contribution in [1.82, 2.24) is 3.96 Å². The molecule has 2 rings (SSSR count). The van der Waals surface area contributed by atoms with Gasteiger partial charge in [0, 0.05) is 12.1 Å². The Morgan fingerprint density at radius 2 is 2.25 bits per heavy atom. The van der Waals surface area contributed by atoms with E-state index in [1.54, 1.807) is 23.1 Å². The lowest BCUT2D eigenvalue weighted by Gasteiger charge is -1.86. The van der Waals surface area contributed by atoms with Gasteiger partial charge in [-0.15, -0.1) is 0 Å². The van der Waals surface area contributed by atoms with Crippen molar-refractivity contribution in [3.63, 3.8) is 0 Å². The molecule has 0 bridgehead atoms. The van der Waals surface area contributed by atoms with E-state index >= 15 is 0 Å². The van der Waals surface area contributed by atoms with Crippen LogP contribution in [-0.4, -0.2) is 3.96 Å². The molecule has 1 heterocycles. The second-order valence-electron chi connectivity index (χ2n) is 2.53. The van der Waals surface area contributed by atoms with Gasteiger partial charge in [-0.1, -0.05) is 23.1 Å². The van der Waals surface area contributed by atoms with E-state index in [1.165, 1.54) is 11.5 Å². The third-order valence-electron chi connectivity index (χ3n) is 1.69. The summed E-state index contributed by atoms with van der Waals surface area (Å²) in [5, 5.41) is 1.31. The number of rotatable bonds is 0. The number of benzene rings is 1. The Morgan fingerprint density at radius 1 is 1.50 bits per heavy atom. The topological polar surface area (TPSA) is 22.0 Å². The second kappa shape index (κ2) is 2.61. The van der Waals surface area contributed by atoms with Gasteiger partial charge in [0.05, 0.1) is 10.1 Å². The molecule has 2 aromatic rings. The third-order valence-corrected chi connectivity index (χ3v) is 2.92. The Hall–Kier alpha value is -0.800. The molecule has 4 heteroatoms. The highest BCUT2D eigenvalue weighted by atomic mass is 35.5. The summed E-state index contributed by atoms with van der Waals surface area (Å²) in [7, 11) is 1.75. The quantitative estimate of drug-likeness (QED) is 0.638. The average Bonchev–Trinajstić information content (AvgIpc) is 2.31. The van der Waals surface area contributed by atoms with E-state index in [0.717, 1.165) is 4.70 Å². The van der Waals surface area contributed by atoms with Gasteiger partial charge in [0.25, 0.3) is 5.56 Å². The fourth-order valence-electron chi connectivity index (χ4n) is 1.11. The van der Waals surface area contributed by atoms with Gasteiger partial charge in [0.15, 0.2) is 0 Å². The molecule has 0 aliphatic carbocycles. The molecule has 0 unspecified atom stereocenters. The van der Waals surface area contributed by atoms with Gasteiger partial charge in [-0.3, -0.25) is 8.75 Å². The van der Waals surface area contributed by atoms with Gasteiger partial charge in [0.1, 0.15) is 0 Å². The zero-order valence-corrected chi connectivity index (χ0v) is 7.95. The zero-order chi connectivity index (χ0) is 8.72. The molecule has 0 radical (unpaired) electrons. The van der Waals surface area contributed by atoms with Gasteiger partial charge in [0.2, 0.25) is 0 Å². The van der Waals surface area contributed by atoms with Crippen LogP contribution in [-0.2, 0) is 7.05 Å². The first-order valence-corrected chi connectivity index (χ1v) is 4.59. The molecule has 0 amide bonds. The fourth-order valence-corrected chi connectivity index (χ4v) is 2.13. The lowest BCUT2D eigenvalue weighted by molar-refractivity contribution is 0.989. The standard InChI is InChI=1S/C8H6ClNOS/c1-10-8(11)6-4-5(9)2-3-7(6)12-10/h2-4H,1H3. The van der Waals surface area contributed by atoms with Gasteiger partial charge >= 0.3 is 0 Å². The van der Waals surface area contributed by atoms with Crippen molar-refractivity contribution in [2.75, 3.05) is 0 Å². The molecule has 0 saturated carbocycles. The molecular weight excluding hydrogens is 194 g/mol. The minimum Gasteiger partial charge on any atom is -0.268 e. The maximum Gasteiger partial charge on any atom is 0.268 e. The summed E-state index contributed by atoms with van der Waals surface area (Å²) in [4.78, 5) is 11.4. The van der Waals surface area contributed by atoms with Crippen molar-refractivity contribution < 1.29 is 0 Å². The minimum absolute atomic E-state index is 0.0255. The van der Waals surface area contributed by atoms with Gasteiger partial charge in [-0.2, -0.15) is 0 Å². The SMILES string of the molecule is Cn1sc2ccc(Cl)cc2c1=O. The van der Waals surface area contributed by atoms with Crippen molar-refractivity contribution in [2.24, 2.45) is 7.05 Å². The van der Waals surface area contributed by atoms with E-state index in [0.29, 0.717) is 10.4 Å². The first kappa shape index (κ1) is 7.83. The lowest BCUT2D eigenvalue weighted by atomic mass is 10.3. The Bertz CT molecular complexity index is 485. The van der Waals surface area contributed by atoms with Gasteiger partial charge in [-0.05, 0) is 18.2 Å². The third kappa shape index (κ3) is 1.06. The molecule has 62 valence electrons. The summed E-state index contributed by atoms with van der Waals surface area (Å²) in [6, 6.07) is 5.36. The largest absolute Gasteiger partial charge is 0.268 e. The highest BCUT2D eigenvalue weighted by Crippen LogP contribution is 2.19.